The first-order chi connectivity index (χ1) is 70.2. The zero-order valence-corrected chi connectivity index (χ0v) is 83.4. The molecule has 0 aliphatic heterocycles. The van der Waals surface area contributed by atoms with Gasteiger partial charge in [0.1, 0.15) is 34.4 Å². The van der Waals surface area contributed by atoms with Gasteiger partial charge in [0.05, 0.1) is 78.7 Å². The van der Waals surface area contributed by atoms with Crippen molar-refractivity contribution in [2.45, 2.75) is 71.6 Å². The maximum absolute atomic E-state index is 11.7. The van der Waals surface area contributed by atoms with Gasteiger partial charge in [-0.15, -0.1) is 34.0 Å². The molecular weight excluding hydrogens is 1980 g/mol. The number of Topliss-reactive ketones (excluding diaryl/α,β-unsaturated/α-hetero) is 3. The number of hydrogen-bond donors (Lipinski definition) is 9. The number of methoxy groups -OCH3 is 1. The van der Waals surface area contributed by atoms with Gasteiger partial charge in [0, 0.05) is 89.9 Å². The molecule has 0 saturated heterocycles. The first-order valence-corrected chi connectivity index (χ1v) is 50.2. The Labute approximate surface area is 858 Å². The highest BCUT2D eigenvalue weighted by Crippen LogP contribution is 2.41. The largest absolute Gasteiger partial charge is 0.507 e. The topological polar surface area (TPSA) is 389 Å². The van der Waals surface area contributed by atoms with Gasteiger partial charge in [0.25, 0.3) is 11.8 Å². The van der Waals surface area contributed by atoms with Crippen molar-refractivity contribution in [1.29, 1.82) is 0 Å². The number of para-hydroxylation sites is 1. The molecule has 26 nitrogen and oxygen atoms in total. The highest BCUT2D eigenvalue weighted by molar-refractivity contribution is 9.10. The van der Waals surface area contributed by atoms with E-state index in [0.29, 0.717) is 75.7 Å². The molecule has 3 aliphatic rings. The van der Waals surface area contributed by atoms with E-state index in [2.05, 4.69) is 130 Å². The molecule has 722 valence electrons. The van der Waals surface area contributed by atoms with Crippen molar-refractivity contribution >= 4 is 90.5 Å². The van der Waals surface area contributed by atoms with Crippen LogP contribution >= 0.6 is 73.1 Å². The number of nitrogens with one attached hydrogen (secondary N) is 5. The number of hydrogen-bond acceptors (Lipinski definition) is 24. The summed E-state index contributed by atoms with van der Waals surface area (Å²) in [6.07, 6.45) is 8.68. The summed E-state index contributed by atoms with van der Waals surface area (Å²) in [4.78, 5) is 46.2. The standard InChI is InChI=1S/C17H16N2O.C16H13ClN2O.C15H11BrN2O.C15H11ClN2O.C15H12N2O.C12H11NO2S.2C11H10N2O2S/c1-12-3-5-13(6-4-12)16-11-17(19-18-16)14-7-9-15(20-2)10-8-14;1-10-7-16(20)12(8-13(10)17)15-9-14(18-19-15)11-5-3-2-4-6-11;2*16-11-6-7-15(19)12(8-11)14-9-13(17-18-14)10-4-2-1-3-5-10;18-15-9-5-4-8-12(15)14-10-13(16-17-14)11-6-2-1-3-7-11;14-10(6-8-3-4-8)11-7-9(13-15-11)12-2-1-5-16-12;14-8(6-7-3-4-7)11-12-10(13-15-11)9-2-1-5-16-9;14-8(6-7-3-4-7)10-12-11(15-13-10)9-2-1-5-16-9/h3-11H,1-2H3,(H,18,19);2-9,20H,1H3,(H,18,19);2*1-9,19H,(H,17,18);1-10,18H,(H,16,17);1-2,5,7-8H,3-4,6H2;2*1-2,5,7H,3-4,6H2. The van der Waals surface area contributed by atoms with Crippen LogP contribution in [0.1, 0.15) is 101 Å². The number of H-pyrrole nitrogens is 5. The van der Waals surface area contributed by atoms with Crippen LogP contribution in [0, 0.1) is 31.6 Å². The summed E-state index contributed by atoms with van der Waals surface area (Å²) in [6, 6.07) is 99.7. The highest BCUT2D eigenvalue weighted by atomic mass is 79.9. The molecule has 9 N–H and O–H groups in total. The van der Waals surface area contributed by atoms with E-state index >= 15 is 0 Å². The van der Waals surface area contributed by atoms with Crippen LogP contribution in [-0.4, -0.2) is 121 Å². The van der Waals surface area contributed by atoms with E-state index in [1.807, 2.05) is 248 Å². The maximum atomic E-state index is 11.7. The summed E-state index contributed by atoms with van der Waals surface area (Å²) < 4.78 is 21.2. The third kappa shape index (κ3) is 27.2. The van der Waals surface area contributed by atoms with E-state index in [9.17, 15) is 34.8 Å². The van der Waals surface area contributed by atoms with Gasteiger partial charge in [-0.3, -0.25) is 39.9 Å². The minimum Gasteiger partial charge on any atom is -0.507 e. The molecular formula is C112H94BrCl2N15O11S3. The Hall–Kier alpha value is -16.1. The summed E-state index contributed by atoms with van der Waals surface area (Å²) in [6.45, 7) is 3.94. The molecule has 0 bridgehead atoms. The van der Waals surface area contributed by atoms with Gasteiger partial charge in [-0.05, 0) is 231 Å². The number of carbonyl (C=O) groups excluding carboxylic acids is 3. The number of carbonyl (C=O) groups is 3. The Morgan fingerprint density at radius 3 is 1.31 bits per heavy atom. The van der Waals surface area contributed by atoms with E-state index in [-0.39, 0.29) is 52.1 Å². The van der Waals surface area contributed by atoms with Crippen LogP contribution in [0.15, 0.2) is 350 Å². The van der Waals surface area contributed by atoms with Crippen LogP contribution in [0.4, 0.5) is 0 Å². The minimum atomic E-state index is -0.0298. The van der Waals surface area contributed by atoms with E-state index in [1.165, 1.54) is 41.1 Å². The van der Waals surface area contributed by atoms with Crippen molar-refractivity contribution in [3.8, 4) is 173 Å². The summed E-state index contributed by atoms with van der Waals surface area (Å²) in [5, 5.41) is 94.4. The Kier molecular flexibility index (Phi) is 33.1. The van der Waals surface area contributed by atoms with Crippen molar-refractivity contribution in [2.24, 2.45) is 17.8 Å². The first kappa shape index (κ1) is 99.5. The zero-order valence-electron chi connectivity index (χ0n) is 77.8. The second-order valence-corrected chi connectivity index (χ2v) is 38.5. The molecule has 3 aliphatic carbocycles. The lowest BCUT2D eigenvalue weighted by Gasteiger charge is -2.05. The average Bonchev–Trinajstić information content (AvgIpc) is 1.66. The number of halogens is 3. The molecule has 21 aromatic rings. The molecule has 0 radical (unpaired) electrons. The van der Waals surface area contributed by atoms with Crippen LogP contribution in [0.3, 0.4) is 0 Å². The fraction of sp³-hybridized carbons (Fsp3) is 0.134. The van der Waals surface area contributed by atoms with Crippen molar-refractivity contribution in [1.82, 2.24) is 76.4 Å². The molecule has 11 aromatic heterocycles. The zero-order chi connectivity index (χ0) is 99.8. The monoisotopic (exact) mass is 2070 g/mol. The average molecular weight is 2070 g/mol. The van der Waals surface area contributed by atoms with Gasteiger partial charge in [0.15, 0.2) is 0 Å². The number of phenolic OH excluding ortho intramolecular Hbond substituents is 4. The van der Waals surface area contributed by atoms with E-state index in [4.69, 9.17) is 41.5 Å². The van der Waals surface area contributed by atoms with E-state index in [1.54, 1.807) is 79.1 Å². The number of nitrogens with zero attached hydrogens (tertiary/aromatic N) is 10. The SMILES string of the molecule is COc1ccc(-c2cc(-c3ccc(C)cc3)[nH]n2)cc1.Cc1cc(O)c(-c2cc(-c3ccccc3)n[nH]2)cc1Cl.O=C(CC1CC1)c1cc(-c2cccs2)no1.O=C(CC1CC1)c1nc(-c2cccs2)no1.O=C(CC1CC1)c1noc(-c2cccs2)n1.Oc1ccc(Br)cc1-c1cc(-c2ccccc2)n[nH]1.Oc1ccc(Cl)cc1-c1cc(-c2ccccc2)n[nH]1.Oc1ccccc1-c1cc(-c2ccccc2)n[nH]1. The van der Waals surface area contributed by atoms with E-state index in [0.717, 1.165) is 163 Å². The van der Waals surface area contributed by atoms with Crippen LogP contribution in [-0.2, 0) is 0 Å². The minimum absolute atomic E-state index is 0.00550. The van der Waals surface area contributed by atoms with Crippen molar-refractivity contribution in [3.63, 3.8) is 0 Å². The van der Waals surface area contributed by atoms with Gasteiger partial charge >= 0.3 is 0 Å². The first-order valence-electron chi connectivity index (χ1n) is 46.0. The summed E-state index contributed by atoms with van der Waals surface area (Å²) >= 11 is 20.1. The fourth-order valence-corrected chi connectivity index (χ4v) is 17.3. The van der Waals surface area contributed by atoms with Crippen LogP contribution in [0.25, 0.3) is 145 Å². The quantitative estimate of drug-likeness (QED) is 0.0269. The third-order valence-corrected chi connectivity index (χ3v) is 26.8. The molecule has 32 heteroatoms. The second-order valence-electron chi connectivity index (χ2n) is 33.9. The predicted octanol–water partition coefficient (Wildman–Crippen LogP) is 29.2. The number of aromatic amines is 5. The number of benzene rings is 10. The molecule has 0 atom stereocenters. The molecule has 24 rings (SSSR count). The number of rotatable bonds is 23. The summed E-state index contributed by atoms with van der Waals surface area (Å²) in [7, 11) is 1.67. The molecule has 0 spiro atoms. The maximum Gasteiger partial charge on any atom is 0.294 e. The van der Waals surface area contributed by atoms with Crippen LogP contribution in [0.2, 0.25) is 10.0 Å². The lowest BCUT2D eigenvalue weighted by atomic mass is 10.1. The number of aryl methyl sites for hydroxylation is 2. The summed E-state index contributed by atoms with van der Waals surface area (Å²) in [5.41, 5.74) is 20.4. The third-order valence-electron chi connectivity index (χ3n) is 23.1. The number of ketones is 3. The lowest BCUT2D eigenvalue weighted by Crippen LogP contribution is -2.02. The molecule has 3 fully saturated rings. The lowest BCUT2D eigenvalue weighted by molar-refractivity contribution is 0.0928. The molecule has 11 heterocycles. The van der Waals surface area contributed by atoms with Crippen molar-refractivity contribution < 1.29 is 53.1 Å². The van der Waals surface area contributed by atoms with Gasteiger partial charge in [-0.1, -0.05) is 236 Å². The molecule has 10 aromatic carbocycles. The second kappa shape index (κ2) is 47.9. The number of thiophene rings is 3. The number of phenols is 4. The normalized spacial score (nSPS) is 12.1. The van der Waals surface area contributed by atoms with Gasteiger partial charge in [-0.25, -0.2) is 0 Å². The number of aromatic hydroxyl groups is 4. The Balaban J connectivity index is 0.000000113. The van der Waals surface area contributed by atoms with Gasteiger partial charge in [-0.2, -0.15) is 35.5 Å². The smallest absolute Gasteiger partial charge is 0.294 e. The van der Waals surface area contributed by atoms with E-state index < -0.39 is 0 Å². The number of ether oxygens (including phenoxy) is 1. The van der Waals surface area contributed by atoms with Crippen molar-refractivity contribution in [2.75, 3.05) is 7.11 Å². The van der Waals surface area contributed by atoms with Crippen molar-refractivity contribution in [3.05, 3.63) is 375 Å². The Morgan fingerprint density at radius 1 is 0.375 bits per heavy atom. The molecule has 0 amide bonds. The van der Waals surface area contributed by atoms with Crippen LogP contribution in [0.5, 0.6) is 28.7 Å². The fourth-order valence-electron chi connectivity index (χ4n) is 14.7. The molecule has 144 heavy (non-hydrogen) atoms. The Morgan fingerprint density at radius 2 is 0.806 bits per heavy atom. The van der Waals surface area contributed by atoms with Gasteiger partial charge in [0.2, 0.25) is 34.8 Å². The summed E-state index contributed by atoms with van der Waals surface area (Å²) in [5.74, 6) is 5.13. The predicted molar refractivity (Wildman–Crippen MR) is 568 cm³/mol. The molecule has 0 unspecified atom stereocenters. The number of aromatic nitrogens is 15. The highest BCUT2D eigenvalue weighted by Gasteiger charge is 2.31. The molecule has 3 saturated carbocycles. The van der Waals surface area contributed by atoms with Crippen LogP contribution < -0.4 is 4.74 Å². The Bertz CT molecular complexity index is 7400. The van der Waals surface area contributed by atoms with Gasteiger partial charge < -0.3 is 38.7 Å².